The van der Waals surface area contributed by atoms with Crippen molar-refractivity contribution in [1.29, 1.82) is 0 Å². The molecule has 172 valence electrons. The molecule has 0 bridgehead atoms. The van der Waals surface area contributed by atoms with Crippen molar-refractivity contribution in [2.75, 3.05) is 50.7 Å². The topological polar surface area (TPSA) is 31.7 Å². The van der Waals surface area contributed by atoms with Crippen LogP contribution in [0.3, 0.4) is 0 Å². The average molecular weight is 463 g/mol. The van der Waals surface area contributed by atoms with Crippen LogP contribution in [0, 0.1) is 0 Å². The molecule has 5 nitrogen and oxygen atoms in total. The summed E-state index contributed by atoms with van der Waals surface area (Å²) in [6.07, 6.45) is 5.00. The fraction of sp³-hybridized carbons (Fsp3) is 0.370. The molecule has 1 fully saturated rings. The molecule has 0 N–H and O–H groups in total. The largest absolute Gasteiger partial charge is 0.369 e. The lowest BCUT2D eigenvalue weighted by molar-refractivity contribution is 0.0753. The molecule has 0 radical (unpaired) electrons. The molecule has 1 saturated heterocycles. The summed E-state index contributed by atoms with van der Waals surface area (Å²) in [5.74, 6) is 0.185. The number of para-hydroxylation sites is 1. The molecular weight excluding hydrogens is 432 g/mol. The van der Waals surface area contributed by atoms with Gasteiger partial charge in [-0.15, -0.1) is 0 Å². The zero-order chi connectivity index (χ0) is 22.6. The lowest BCUT2D eigenvalue weighted by atomic mass is 10.1. The highest BCUT2D eigenvalue weighted by Gasteiger charge is 2.25. The van der Waals surface area contributed by atoms with Gasteiger partial charge in [0.1, 0.15) is 0 Å². The number of carbonyl (C=O) groups is 1. The molecule has 0 atom stereocenters. The van der Waals surface area contributed by atoms with Gasteiger partial charge in [0.05, 0.1) is 5.56 Å². The number of benzene rings is 2. The minimum absolute atomic E-state index is 0.185. The molecule has 2 aliphatic heterocycles. The third-order valence-electron chi connectivity index (χ3n) is 6.85. The maximum Gasteiger partial charge on any atom is 0.255 e. The fourth-order valence-corrected chi connectivity index (χ4v) is 5.16. The Morgan fingerprint density at radius 1 is 0.788 bits per heavy atom. The summed E-state index contributed by atoms with van der Waals surface area (Å²) in [4.78, 5) is 20.3. The van der Waals surface area contributed by atoms with Crippen molar-refractivity contribution in [2.24, 2.45) is 0 Å². The zero-order valence-electron chi connectivity index (χ0n) is 19.0. The summed E-state index contributed by atoms with van der Waals surface area (Å²) in [5, 5.41) is 0.782. The number of aromatic nitrogens is 1. The number of amides is 1. The Labute approximate surface area is 201 Å². The molecule has 0 saturated carbocycles. The van der Waals surface area contributed by atoms with Crippen LogP contribution in [0.25, 0.3) is 5.69 Å². The molecule has 2 aromatic carbocycles. The number of carbonyl (C=O) groups excluding carboxylic acids is 1. The van der Waals surface area contributed by atoms with E-state index in [9.17, 15) is 4.79 Å². The Morgan fingerprint density at radius 3 is 2.30 bits per heavy atom. The first kappa shape index (κ1) is 22.1. The van der Waals surface area contributed by atoms with Crippen LogP contribution in [-0.2, 0) is 6.42 Å². The number of rotatable bonds is 6. The highest BCUT2D eigenvalue weighted by molar-refractivity contribution is 6.30. The maximum atomic E-state index is 13.3. The molecule has 2 aliphatic rings. The summed E-state index contributed by atoms with van der Waals surface area (Å²) >= 11 is 6.02. The van der Waals surface area contributed by atoms with Crippen LogP contribution in [0.4, 0.5) is 5.69 Å². The molecule has 0 unspecified atom stereocenters. The third-order valence-corrected chi connectivity index (χ3v) is 7.10. The number of hydrogen-bond acceptors (Lipinski definition) is 3. The van der Waals surface area contributed by atoms with E-state index in [0.717, 1.165) is 87.0 Å². The van der Waals surface area contributed by atoms with E-state index >= 15 is 0 Å². The molecule has 0 aliphatic carbocycles. The molecule has 3 aromatic rings. The second-order valence-electron chi connectivity index (χ2n) is 8.94. The molecule has 33 heavy (non-hydrogen) atoms. The van der Waals surface area contributed by atoms with Gasteiger partial charge in [0.15, 0.2) is 0 Å². The van der Waals surface area contributed by atoms with Crippen molar-refractivity contribution in [3.63, 3.8) is 0 Å². The van der Waals surface area contributed by atoms with Gasteiger partial charge in [-0.1, -0.05) is 29.8 Å². The van der Waals surface area contributed by atoms with Gasteiger partial charge in [-0.25, -0.2) is 0 Å². The Morgan fingerprint density at radius 2 is 1.55 bits per heavy atom. The predicted molar refractivity (Wildman–Crippen MR) is 135 cm³/mol. The quantitative estimate of drug-likeness (QED) is 0.530. The number of fused-ring (bicyclic) bond motifs is 1. The fourth-order valence-electron chi connectivity index (χ4n) is 5.03. The second-order valence-corrected chi connectivity index (χ2v) is 9.37. The van der Waals surface area contributed by atoms with Crippen LogP contribution in [0.5, 0.6) is 0 Å². The first-order valence-corrected chi connectivity index (χ1v) is 12.3. The monoisotopic (exact) mass is 462 g/mol. The lowest BCUT2D eigenvalue weighted by Crippen LogP contribution is -2.47. The van der Waals surface area contributed by atoms with Crippen LogP contribution < -0.4 is 4.90 Å². The number of anilines is 1. The predicted octanol–water partition coefficient (Wildman–Crippen LogP) is 4.73. The Bertz CT molecular complexity index is 1070. The first-order valence-electron chi connectivity index (χ1n) is 12.0. The maximum absolute atomic E-state index is 13.3. The third kappa shape index (κ3) is 4.94. The van der Waals surface area contributed by atoms with Gasteiger partial charge in [0.25, 0.3) is 5.91 Å². The summed E-state index contributed by atoms with van der Waals surface area (Å²) in [5.41, 5.74) is 4.38. The minimum Gasteiger partial charge on any atom is -0.369 e. The van der Waals surface area contributed by atoms with Crippen LogP contribution in [0.2, 0.25) is 5.02 Å². The van der Waals surface area contributed by atoms with E-state index in [1.54, 1.807) is 0 Å². The smallest absolute Gasteiger partial charge is 0.255 e. The van der Waals surface area contributed by atoms with Gasteiger partial charge in [0.2, 0.25) is 0 Å². The van der Waals surface area contributed by atoms with Crippen molar-refractivity contribution in [2.45, 2.75) is 19.3 Å². The van der Waals surface area contributed by atoms with Crippen LogP contribution in [-0.4, -0.2) is 66.1 Å². The normalized spacial score (nSPS) is 17.2. The summed E-state index contributed by atoms with van der Waals surface area (Å²) in [6, 6.07) is 20.4. The van der Waals surface area contributed by atoms with Gasteiger partial charge in [-0.3, -0.25) is 9.69 Å². The SMILES string of the molecule is O=C1c2ccn(-c3ccccc3)c2CCCN1CCCN1CCN(c2ccc(Cl)cc2)CC1. The van der Waals surface area contributed by atoms with Crippen LogP contribution in [0.1, 0.15) is 28.9 Å². The average Bonchev–Trinajstić information content (AvgIpc) is 3.21. The highest BCUT2D eigenvalue weighted by Crippen LogP contribution is 2.24. The summed E-state index contributed by atoms with van der Waals surface area (Å²) < 4.78 is 2.18. The van der Waals surface area contributed by atoms with E-state index < -0.39 is 0 Å². The lowest BCUT2D eigenvalue weighted by Gasteiger charge is -2.36. The molecule has 1 aromatic heterocycles. The standard InChI is InChI=1S/C27H31ClN4O/c28-22-9-11-23(12-10-22)30-20-18-29(19-21-30)14-5-16-31-15-4-8-26-25(27(31)33)13-17-32(26)24-6-2-1-3-7-24/h1-3,6-7,9-13,17H,4-5,8,14-16,18-21H2. The molecule has 6 heteroatoms. The number of hydrogen-bond donors (Lipinski definition) is 0. The van der Waals surface area contributed by atoms with Crippen LogP contribution in [0.15, 0.2) is 66.9 Å². The molecule has 0 spiro atoms. The number of halogens is 1. The van der Waals surface area contributed by atoms with Crippen LogP contribution >= 0.6 is 11.6 Å². The van der Waals surface area contributed by atoms with Crippen molar-refractivity contribution < 1.29 is 4.79 Å². The van der Waals surface area contributed by atoms with Gasteiger partial charge < -0.3 is 14.4 Å². The molecular formula is C27H31ClN4O. The van der Waals surface area contributed by atoms with Gasteiger partial charge >= 0.3 is 0 Å². The van der Waals surface area contributed by atoms with E-state index in [1.165, 1.54) is 5.69 Å². The van der Waals surface area contributed by atoms with E-state index in [0.29, 0.717) is 0 Å². The first-order chi connectivity index (χ1) is 16.2. The summed E-state index contributed by atoms with van der Waals surface area (Å²) in [6.45, 7) is 6.87. The van der Waals surface area contributed by atoms with Crippen molar-refractivity contribution in [3.05, 3.63) is 83.1 Å². The Kier molecular flexibility index (Phi) is 6.70. The molecule has 1 amide bonds. The molecule has 5 rings (SSSR count). The van der Waals surface area contributed by atoms with E-state index in [-0.39, 0.29) is 5.91 Å². The van der Waals surface area contributed by atoms with Crippen molar-refractivity contribution in [1.82, 2.24) is 14.4 Å². The minimum atomic E-state index is 0.185. The second kappa shape index (κ2) is 10.0. The Balaban J connectivity index is 1.13. The van der Waals surface area contributed by atoms with E-state index in [4.69, 9.17) is 11.6 Å². The zero-order valence-corrected chi connectivity index (χ0v) is 19.8. The molecule has 3 heterocycles. The Hall–Kier alpha value is -2.76. The van der Waals surface area contributed by atoms with Gasteiger partial charge in [-0.05, 0) is 68.3 Å². The van der Waals surface area contributed by atoms with Gasteiger partial charge in [-0.2, -0.15) is 0 Å². The van der Waals surface area contributed by atoms with E-state index in [2.05, 4.69) is 43.5 Å². The summed E-state index contributed by atoms with van der Waals surface area (Å²) in [7, 11) is 0. The van der Waals surface area contributed by atoms with E-state index in [1.807, 2.05) is 42.6 Å². The highest BCUT2D eigenvalue weighted by atomic mass is 35.5. The number of nitrogens with zero attached hydrogens (tertiary/aromatic N) is 4. The van der Waals surface area contributed by atoms with Gasteiger partial charge in [0, 0.05) is 67.6 Å². The van der Waals surface area contributed by atoms with Crippen molar-refractivity contribution >= 4 is 23.2 Å². The van der Waals surface area contributed by atoms with Crippen molar-refractivity contribution in [3.8, 4) is 5.69 Å². The number of piperazine rings is 1.